The van der Waals surface area contributed by atoms with Gasteiger partial charge in [-0.15, -0.1) is 0 Å². The van der Waals surface area contributed by atoms with E-state index < -0.39 is 0 Å². The highest BCUT2D eigenvalue weighted by Crippen LogP contribution is 2.20. The molecule has 0 fully saturated rings. The minimum absolute atomic E-state index is 0.212. The fourth-order valence-electron chi connectivity index (χ4n) is 1.79. The average molecular weight is 261 g/mol. The molecule has 0 bridgehead atoms. The van der Waals surface area contributed by atoms with Crippen LogP contribution >= 0.6 is 0 Å². The monoisotopic (exact) mass is 261 g/mol. The molecular weight excluding hydrogens is 242 g/mol. The Balaban J connectivity index is 1.99. The lowest BCUT2D eigenvalue weighted by Crippen LogP contribution is -2.14. The van der Waals surface area contributed by atoms with E-state index in [0.29, 0.717) is 11.7 Å². The molecule has 0 aliphatic rings. The maximum Gasteiger partial charge on any atom is 0.226 e. The number of rotatable bonds is 6. The van der Waals surface area contributed by atoms with Crippen molar-refractivity contribution in [1.82, 2.24) is 10.1 Å². The van der Waals surface area contributed by atoms with Gasteiger partial charge in [0.05, 0.1) is 7.11 Å². The number of hydrogen-bond acceptors (Lipinski definition) is 5. The molecule has 2 rings (SSSR count). The van der Waals surface area contributed by atoms with E-state index in [1.54, 1.807) is 7.11 Å². The van der Waals surface area contributed by atoms with Crippen molar-refractivity contribution in [3.63, 3.8) is 0 Å². The zero-order valence-electron chi connectivity index (χ0n) is 11.3. The third-order valence-corrected chi connectivity index (χ3v) is 2.87. The molecule has 1 atom stereocenters. The van der Waals surface area contributed by atoms with Crippen LogP contribution in [0.25, 0.3) is 11.4 Å². The van der Waals surface area contributed by atoms with Crippen LogP contribution in [0.4, 0.5) is 0 Å². The van der Waals surface area contributed by atoms with Gasteiger partial charge < -0.3 is 15.0 Å². The molecule has 19 heavy (non-hydrogen) atoms. The topological polar surface area (TPSA) is 74.2 Å². The minimum Gasteiger partial charge on any atom is -0.497 e. The molecule has 1 unspecified atom stereocenters. The lowest BCUT2D eigenvalue weighted by molar-refractivity contribution is 0.373. The molecule has 1 aromatic heterocycles. The van der Waals surface area contributed by atoms with Crippen LogP contribution in [0.3, 0.4) is 0 Å². The fraction of sp³-hybridized carbons (Fsp3) is 0.429. The summed E-state index contributed by atoms with van der Waals surface area (Å²) in [6, 6.07) is 7.79. The summed E-state index contributed by atoms with van der Waals surface area (Å²) in [5.41, 5.74) is 6.62. The van der Waals surface area contributed by atoms with E-state index >= 15 is 0 Å². The van der Waals surface area contributed by atoms with Crippen molar-refractivity contribution in [2.45, 2.75) is 32.2 Å². The molecule has 0 radical (unpaired) electrons. The van der Waals surface area contributed by atoms with Crippen molar-refractivity contribution in [3.8, 4) is 17.1 Å². The number of nitrogens with zero attached hydrogens (tertiary/aromatic N) is 2. The van der Waals surface area contributed by atoms with Crippen molar-refractivity contribution in [3.05, 3.63) is 30.2 Å². The van der Waals surface area contributed by atoms with Gasteiger partial charge in [0.1, 0.15) is 5.75 Å². The summed E-state index contributed by atoms with van der Waals surface area (Å²) in [6.07, 6.45) is 2.69. The molecule has 5 heteroatoms. The van der Waals surface area contributed by atoms with Crippen LogP contribution in [0.5, 0.6) is 5.75 Å². The summed E-state index contributed by atoms with van der Waals surface area (Å²) in [6.45, 7) is 2.00. The summed E-state index contributed by atoms with van der Waals surface area (Å²) in [4.78, 5) is 4.37. The minimum atomic E-state index is 0.212. The molecule has 0 saturated carbocycles. The molecule has 0 amide bonds. The Labute approximate surface area is 112 Å². The zero-order chi connectivity index (χ0) is 13.7. The largest absolute Gasteiger partial charge is 0.497 e. The summed E-state index contributed by atoms with van der Waals surface area (Å²) in [7, 11) is 1.64. The molecule has 1 aromatic carbocycles. The van der Waals surface area contributed by atoms with E-state index in [9.17, 15) is 0 Å². The average Bonchev–Trinajstić information content (AvgIpc) is 2.87. The molecule has 0 aliphatic carbocycles. The Morgan fingerprint density at radius 2 is 2.05 bits per heavy atom. The van der Waals surface area contributed by atoms with E-state index in [2.05, 4.69) is 10.1 Å². The molecule has 0 aliphatic heterocycles. The van der Waals surface area contributed by atoms with E-state index in [1.807, 2.05) is 31.2 Å². The van der Waals surface area contributed by atoms with Gasteiger partial charge in [-0.1, -0.05) is 5.16 Å². The maximum atomic E-state index is 5.70. The number of hydrogen-bond donors (Lipinski definition) is 1. The summed E-state index contributed by atoms with van der Waals surface area (Å²) in [5.74, 6) is 2.08. The van der Waals surface area contributed by atoms with Gasteiger partial charge in [0.25, 0.3) is 0 Å². The smallest absolute Gasteiger partial charge is 0.226 e. The molecule has 1 heterocycles. The molecule has 0 saturated heterocycles. The normalized spacial score (nSPS) is 12.4. The Hall–Kier alpha value is -1.88. The molecular formula is C14H19N3O2. The number of methoxy groups -OCH3 is 1. The highest BCUT2D eigenvalue weighted by atomic mass is 16.5. The van der Waals surface area contributed by atoms with Crippen LogP contribution in [-0.4, -0.2) is 23.3 Å². The van der Waals surface area contributed by atoms with Gasteiger partial charge in [0.15, 0.2) is 0 Å². The van der Waals surface area contributed by atoms with Crippen molar-refractivity contribution in [2.75, 3.05) is 7.11 Å². The first kappa shape index (κ1) is 13.5. The second kappa shape index (κ2) is 6.33. The maximum absolute atomic E-state index is 5.70. The number of benzene rings is 1. The molecule has 102 valence electrons. The third-order valence-electron chi connectivity index (χ3n) is 2.87. The number of ether oxygens (including phenoxy) is 1. The van der Waals surface area contributed by atoms with E-state index in [4.69, 9.17) is 15.0 Å². The quantitative estimate of drug-likeness (QED) is 0.864. The number of aromatic nitrogens is 2. The molecule has 2 aromatic rings. The SMILES string of the molecule is COc1ccc(-c2noc(CCCC(C)N)n2)cc1. The first-order chi connectivity index (χ1) is 9.19. The third kappa shape index (κ3) is 3.79. The second-order valence-electron chi connectivity index (χ2n) is 4.61. The predicted molar refractivity (Wildman–Crippen MR) is 72.9 cm³/mol. The second-order valence-corrected chi connectivity index (χ2v) is 4.61. The predicted octanol–water partition coefficient (Wildman–Crippen LogP) is 2.42. The standard InChI is InChI=1S/C14H19N3O2/c1-10(15)4-3-5-13-16-14(17-19-13)11-6-8-12(18-2)9-7-11/h6-10H,3-5,15H2,1-2H3. The highest BCUT2D eigenvalue weighted by molar-refractivity contribution is 5.55. The lowest BCUT2D eigenvalue weighted by atomic mass is 10.1. The van der Waals surface area contributed by atoms with Crippen molar-refractivity contribution >= 4 is 0 Å². The molecule has 0 spiro atoms. The summed E-state index contributed by atoms with van der Waals surface area (Å²) < 4.78 is 10.3. The number of nitrogens with two attached hydrogens (primary N) is 1. The molecule has 2 N–H and O–H groups in total. The van der Waals surface area contributed by atoms with Crippen LogP contribution < -0.4 is 10.5 Å². The van der Waals surface area contributed by atoms with Gasteiger partial charge in [-0.05, 0) is 44.0 Å². The van der Waals surface area contributed by atoms with Crippen molar-refractivity contribution in [1.29, 1.82) is 0 Å². The summed E-state index contributed by atoms with van der Waals surface area (Å²) >= 11 is 0. The van der Waals surface area contributed by atoms with Gasteiger partial charge >= 0.3 is 0 Å². The first-order valence-corrected chi connectivity index (χ1v) is 6.41. The lowest BCUT2D eigenvalue weighted by Gasteiger charge is -2.01. The number of aryl methyl sites for hydroxylation is 1. The van der Waals surface area contributed by atoms with E-state index in [0.717, 1.165) is 30.6 Å². The van der Waals surface area contributed by atoms with Crippen LogP contribution in [0.15, 0.2) is 28.8 Å². The Bertz CT molecular complexity index is 506. The van der Waals surface area contributed by atoms with Crippen LogP contribution in [-0.2, 0) is 6.42 Å². The van der Waals surface area contributed by atoms with Gasteiger partial charge in [-0.3, -0.25) is 0 Å². The van der Waals surface area contributed by atoms with Crippen LogP contribution in [0.1, 0.15) is 25.7 Å². The van der Waals surface area contributed by atoms with Crippen LogP contribution in [0, 0.1) is 0 Å². The van der Waals surface area contributed by atoms with E-state index in [1.165, 1.54) is 0 Å². The Morgan fingerprint density at radius 1 is 1.32 bits per heavy atom. The Morgan fingerprint density at radius 3 is 2.68 bits per heavy atom. The van der Waals surface area contributed by atoms with Gasteiger partial charge in [-0.25, -0.2) is 0 Å². The highest BCUT2D eigenvalue weighted by Gasteiger charge is 2.08. The molecule has 5 nitrogen and oxygen atoms in total. The summed E-state index contributed by atoms with van der Waals surface area (Å²) in [5, 5.41) is 3.98. The van der Waals surface area contributed by atoms with Gasteiger partial charge in [-0.2, -0.15) is 4.98 Å². The van der Waals surface area contributed by atoms with E-state index in [-0.39, 0.29) is 6.04 Å². The van der Waals surface area contributed by atoms with Crippen LogP contribution in [0.2, 0.25) is 0 Å². The zero-order valence-corrected chi connectivity index (χ0v) is 11.3. The Kier molecular flexibility index (Phi) is 4.52. The van der Waals surface area contributed by atoms with Crippen molar-refractivity contribution < 1.29 is 9.26 Å². The fourth-order valence-corrected chi connectivity index (χ4v) is 1.79. The van der Waals surface area contributed by atoms with Crippen molar-refractivity contribution in [2.24, 2.45) is 5.73 Å². The first-order valence-electron chi connectivity index (χ1n) is 6.41. The van der Waals surface area contributed by atoms with Gasteiger partial charge in [0.2, 0.25) is 11.7 Å². The van der Waals surface area contributed by atoms with Gasteiger partial charge in [0, 0.05) is 18.0 Å².